The highest BCUT2D eigenvalue weighted by atomic mass is 16.5. The van der Waals surface area contributed by atoms with Crippen molar-refractivity contribution in [2.75, 3.05) is 13.1 Å². The molecule has 1 atom stereocenters. The van der Waals surface area contributed by atoms with Crippen molar-refractivity contribution in [3.05, 3.63) is 64.2 Å². The first kappa shape index (κ1) is 21.9. The number of rotatable bonds is 2. The van der Waals surface area contributed by atoms with Crippen molar-refractivity contribution in [1.29, 1.82) is 5.26 Å². The van der Waals surface area contributed by atoms with E-state index in [1.807, 2.05) is 19.9 Å². The van der Waals surface area contributed by atoms with Crippen molar-refractivity contribution >= 4 is 0 Å². The normalized spacial score (nSPS) is 21.7. The van der Waals surface area contributed by atoms with Crippen LogP contribution in [-0.2, 0) is 25.7 Å². The van der Waals surface area contributed by atoms with Gasteiger partial charge in [-0.15, -0.1) is 0 Å². The smallest absolute Gasteiger partial charge is 0.123 e. The summed E-state index contributed by atoms with van der Waals surface area (Å²) in [5.74, 6) is 1.13. The molecule has 0 N–H and O–H groups in total. The summed E-state index contributed by atoms with van der Waals surface area (Å²) in [5.41, 5.74) is 6.48. The van der Waals surface area contributed by atoms with Crippen LogP contribution in [0.3, 0.4) is 0 Å². The van der Waals surface area contributed by atoms with E-state index in [1.54, 1.807) is 0 Å². The number of likely N-dealkylation sites (tertiary alicyclic amines) is 1. The minimum Gasteiger partial charge on any atom is -0.487 e. The summed E-state index contributed by atoms with van der Waals surface area (Å²) in [5, 5.41) is 9.13. The van der Waals surface area contributed by atoms with Crippen LogP contribution in [0.15, 0.2) is 36.4 Å². The van der Waals surface area contributed by atoms with E-state index in [4.69, 9.17) is 10.00 Å². The first-order valence-corrected chi connectivity index (χ1v) is 12.2. The largest absolute Gasteiger partial charge is 0.487 e. The number of fused-ring (bicyclic) bond motifs is 2. The molecule has 1 fully saturated rings. The number of hydrogen-bond donors (Lipinski definition) is 0. The Labute approximate surface area is 188 Å². The Hall–Kier alpha value is -2.31. The number of benzene rings is 2. The van der Waals surface area contributed by atoms with Gasteiger partial charge in [0.2, 0.25) is 0 Å². The third-order valence-corrected chi connectivity index (χ3v) is 7.47. The summed E-state index contributed by atoms with van der Waals surface area (Å²) in [6, 6.07) is 15.9. The quantitative estimate of drug-likeness (QED) is 0.615. The van der Waals surface area contributed by atoms with Crippen LogP contribution < -0.4 is 4.74 Å². The van der Waals surface area contributed by atoms with Crippen molar-refractivity contribution in [1.82, 2.24) is 4.90 Å². The molecule has 1 aliphatic carbocycles. The molecule has 31 heavy (non-hydrogen) atoms. The number of nitriles is 1. The second-order valence-corrected chi connectivity index (χ2v) is 9.11. The number of nitrogens with zero attached hydrogens (tertiary/aromatic N) is 2. The van der Waals surface area contributed by atoms with Crippen LogP contribution in [0, 0.1) is 11.3 Å². The lowest BCUT2D eigenvalue weighted by atomic mass is 9.80. The molecule has 2 aromatic carbocycles. The minimum absolute atomic E-state index is 0.0471. The lowest BCUT2D eigenvalue weighted by molar-refractivity contribution is -0.0259. The van der Waals surface area contributed by atoms with Crippen molar-refractivity contribution in [2.45, 2.75) is 83.8 Å². The fourth-order valence-corrected chi connectivity index (χ4v) is 5.56. The summed E-state index contributed by atoms with van der Waals surface area (Å²) in [7, 11) is 0. The van der Waals surface area contributed by atoms with Gasteiger partial charge in [0, 0.05) is 19.1 Å². The second kappa shape index (κ2) is 9.45. The van der Waals surface area contributed by atoms with Gasteiger partial charge < -0.3 is 4.74 Å². The topological polar surface area (TPSA) is 36.3 Å². The zero-order chi connectivity index (χ0) is 21.8. The predicted molar refractivity (Wildman–Crippen MR) is 127 cm³/mol. The van der Waals surface area contributed by atoms with Crippen LogP contribution in [0.1, 0.15) is 74.3 Å². The van der Waals surface area contributed by atoms with Crippen LogP contribution in [0.2, 0.25) is 0 Å². The molecule has 3 nitrogen and oxygen atoms in total. The molecule has 3 heteroatoms. The molecule has 1 unspecified atom stereocenters. The van der Waals surface area contributed by atoms with Gasteiger partial charge in [-0.25, -0.2) is 0 Å². The van der Waals surface area contributed by atoms with Crippen LogP contribution in [0.25, 0.3) is 0 Å². The summed E-state index contributed by atoms with van der Waals surface area (Å²) in [6.45, 7) is 8.49. The molecule has 2 heterocycles. The predicted octanol–water partition coefficient (Wildman–Crippen LogP) is 5.86. The average Bonchev–Trinajstić information content (AvgIpc) is 2.85. The van der Waals surface area contributed by atoms with Gasteiger partial charge in [-0.1, -0.05) is 39.0 Å². The maximum absolute atomic E-state index is 9.13. The highest BCUT2D eigenvalue weighted by Gasteiger charge is 2.41. The second-order valence-electron chi connectivity index (χ2n) is 9.11. The third kappa shape index (κ3) is 4.51. The molecule has 1 saturated heterocycles. The fourth-order valence-electron chi connectivity index (χ4n) is 5.56. The molecular formula is C28H36N2O. The van der Waals surface area contributed by atoms with Gasteiger partial charge in [-0.3, -0.25) is 4.90 Å². The summed E-state index contributed by atoms with van der Waals surface area (Å²) < 4.78 is 6.62. The van der Waals surface area contributed by atoms with E-state index >= 15 is 0 Å². The minimum atomic E-state index is 0.0471. The van der Waals surface area contributed by atoms with Crippen molar-refractivity contribution in [3.8, 4) is 11.8 Å². The number of aryl methyl sites for hydroxylation is 3. The molecule has 0 saturated carbocycles. The van der Waals surface area contributed by atoms with Crippen LogP contribution in [0.4, 0.5) is 0 Å². The molecule has 2 aliphatic heterocycles. The standard InChI is InChI=1S/C26H30N2O.C2H6/c1-2-19-4-8-25-23(15-19)9-10-26(29-25)11-13-28(14-12-26)24-7-6-21-16-20(18-27)3-5-22(21)17-24;1-2/h3-5,8,15-16,24H,2,6-7,9-14,17H2,1H3;1-2H3. The number of ether oxygens (including phenoxy) is 1. The van der Waals surface area contributed by atoms with Crippen molar-refractivity contribution in [3.63, 3.8) is 0 Å². The Bertz CT molecular complexity index is 950. The van der Waals surface area contributed by atoms with Gasteiger partial charge in [-0.05, 0) is 91.8 Å². The Morgan fingerprint density at radius 2 is 1.81 bits per heavy atom. The van der Waals surface area contributed by atoms with Crippen molar-refractivity contribution in [2.24, 2.45) is 0 Å². The van der Waals surface area contributed by atoms with Gasteiger partial charge in [0.15, 0.2) is 0 Å². The monoisotopic (exact) mass is 416 g/mol. The lowest BCUT2D eigenvalue weighted by Gasteiger charge is -2.47. The fraction of sp³-hybridized carbons (Fsp3) is 0.536. The zero-order valence-corrected chi connectivity index (χ0v) is 19.4. The summed E-state index contributed by atoms with van der Waals surface area (Å²) in [6.07, 6.45) is 9.11. The van der Waals surface area contributed by atoms with Gasteiger partial charge in [0.25, 0.3) is 0 Å². The molecule has 0 amide bonds. The van der Waals surface area contributed by atoms with E-state index in [0.29, 0.717) is 6.04 Å². The molecule has 2 aromatic rings. The lowest BCUT2D eigenvalue weighted by Crippen LogP contribution is -2.53. The Kier molecular flexibility index (Phi) is 6.68. The highest BCUT2D eigenvalue weighted by Crippen LogP contribution is 2.40. The van der Waals surface area contributed by atoms with E-state index in [0.717, 1.165) is 69.3 Å². The average molecular weight is 417 g/mol. The van der Waals surface area contributed by atoms with E-state index in [1.165, 1.54) is 28.7 Å². The maximum Gasteiger partial charge on any atom is 0.123 e. The zero-order valence-electron chi connectivity index (χ0n) is 19.4. The van der Waals surface area contributed by atoms with E-state index in [2.05, 4.69) is 48.2 Å². The molecule has 0 aromatic heterocycles. The van der Waals surface area contributed by atoms with E-state index in [9.17, 15) is 0 Å². The van der Waals surface area contributed by atoms with Crippen LogP contribution >= 0.6 is 0 Å². The Morgan fingerprint density at radius 3 is 2.55 bits per heavy atom. The van der Waals surface area contributed by atoms with Gasteiger partial charge >= 0.3 is 0 Å². The van der Waals surface area contributed by atoms with Crippen molar-refractivity contribution < 1.29 is 4.74 Å². The molecule has 0 bridgehead atoms. The van der Waals surface area contributed by atoms with Gasteiger partial charge in [-0.2, -0.15) is 5.26 Å². The molecule has 1 spiro atoms. The SMILES string of the molecule is CC.CCc1ccc2c(c1)CCC1(CCN(C3CCc4cc(C#N)ccc4C3)CC1)O2. The maximum atomic E-state index is 9.13. The molecule has 5 rings (SSSR count). The molecule has 3 aliphatic rings. The highest BCUT2D eigenvalue weighted by molar-refractivity contribution is 5.41. The Morgan fingerprint density at radius 1 is 1.00 bits per heavy atom. The first-order valence-electron chi connectivity index (χ1n) is 12.2. The van der Waals surface area contributed by atoms with E-state index in [-0.39, 0.29) is 5.60 Å². The van der Waals surface area contributed by atoms with Crippen LogP contribution in [0.5, 0.6) is 5.75 Å². The molecule has 0 radical (unpaired) electrons. The first-order chi connectivity index (χ1) is 15.2. The van der Waals surface area contributed by atoms with Crippen LogP contribution in [-0.4, -0.2) is 29.6 Å². The number of hydrogen-bond acceptors (Lipinski definition) is 3. The van der Waals surface area contributed by atoms with Gasteiger partial charge in [0.1, 0.15) is 11.4 Å². The summed E-state index contributed by atoms with van der Waals surface area (Å²) >= 11 is 0. The number of piperidine rings is 1. The Balaban J connectivity index is 0.00000112. The third-order valence-electron chi connectivity index (χ3n) is 7.47. The summed E-state index contributed by atoms with van der Waals surface area (Å²) in [4.78, 5) is 2.70. The molecule has 164 valence electrons. The molecular weight excluding hydrogens is 380 g/mol. The van der Waals surface area contributed by atoms with Gasteiger partial charge in [0.05, 0.1) is 11.6 Å². The van der Waals surface area contributed by atoms with E-state index < -0.39 is 0 Å².